The van der Waals surface area contributed by atoms with E-state index in [1.807, 2.05) is 18.2 Å². The molecule has 0 saturated carbocycles. The van der Waals surface area contributed by atoms with Crippen LogP contribution in [0, 0.1) is 0 Å². The average molecular weight is 375 g/mol. The van der Waals surface area contributed by atoms with E-state index in [4.69, 9.17) is 23.2 Å². The van der Waals surface area contributed by atoms with Gasteiger partial charge in [0.1, 0.15) is 6.54 Å². The lowest BCUT2D eigenvalue weighted by Crippen LogP contribution is -2.36. The second-order valence-electron chi connectivity index (χ2n) is 5.45. The molecule has 0 radical (unpaired) electrons. The van der Waals surface area contributed by atoms with Gasteiger partial charge in [0.05, 0.1) is 5.02 Å². The summed E-state index contributed by atoms with van der Waals surface area (Å²) >= 11 is 11.9. The quantitative estimate of drug-likeness (QED) is 0.491. The summed E-state index contributed by atoms with van der Waals surface area (Å²) in [5, 5.41) is 4.89. The molecule has 5 nitrogen and oxygen atoms in total. The summed E-state index contributed by atoms with van der Waals surface area (Å²) in [5.41, 5.74) is 1.01. The van der Waals surface area contributed by atoms with Gasteiger partial charge in [-0.05, 0) is 18.2 Å². The van der Waals surface area contributed by atoms with Gasteiger partial charge in [0.25, 0.3) is 6.33 Å². The second kappa shape index (κ2) is 7.59. The minimum Gasteiger partial charge on any atom is -0.291 e. The predicted molar refractivity (Wildman–Crippen MR) is 94.0 cm³/mol. The van der Waals surface area contributed by atoms with Crippen molar-refractivity contribution < 1.29 is 14.2 Å². The van der Waals surface area contributed by atoms with Crippen LogP contribution in [0.4, 0.5) is 0 Å². The first-order valence-corrected chi connectivity index (χ1v) is 8.26. The molecule has 0 atom stereocenters. The van der Waals surface area contributed by atoms with Gasteiger partial charge in [-0.15, -0.1) is 4.68 Å². The normalized spacial score (nSPS) is 10.6. The molecule has 126 valence electrons. The Balaban J connectivity index is 1.67. The van der Waals surface area contributed by atoms with Gasteiger partial charge in [0.15, 0.2) is 12.3 Å². The van der Waals surface area contributed by atoms with Gasteiger partial charge in [-0.25, -0.2) is 4.57 Å². The maximum Gasteiger partial charge on any atom is 0.265 e. The van der Waals surface area contributed by atoms with E-state index in [0.717, 1.165) is 0 Å². The monoisotopic (exact) mass is 374 g/mol. The molecular weight excluding hydrogens is 361 g/mol. The standard InChI is InChI=1S/C18H14Cl2N3O2/c19-14-6-7-15(16(20)8-14)18(25)10-23-12-22(11-21-23)9-17(24)13-4-2-1-3-5-13/h1-8,11-12H,9-10H2/q+1. The molecule has 0 amide bonds. The summed E-state index contributed by atoms with van der Waals surface area (Å²) in [6.45, 7) is 0.174. The van der Waals surface area contributed by atoms with E-state index in [1.54, 1.807) is 35.2 Å². The predicted octanol–water partition coefficient (Wildman–Crippen LogP) is 3.24. The van der Waals surface area contributed by atoms with E-state index in [9.17, 15) is 9.59 Å². The maximum atomic E-state index is 12.3. The van der Waals surface area contributed by atoms with Crippen molar-refractivity contribution in [3.63, 3.8) is 0 Å². The number of ketones is 2. The van der Waals surface area contributed by atoms with Crippen LogP contribution < -0.4 is 4.57 Å². The number of carbonyl (C=O) groups is 2. The van der Waals surface area contributed by atoms with Crippen molar-refractivity contribution in [2.45, 2.75) is 13.1 Å². The van der Waals surface area contributed by atoms with Gasteiger partial charge in [-0.1, -0.05) is 53.5 Å². The highest BCUT2D eigenvalue weighted by atomic mass is 35.5. The zero-order chi connectivity index (χ0) is 17.8. The molecule has 1 aromatic heterocycles. The van der Waals surface area contributed by atoms with Crippen LogP contribution in [0.2, 0.25) is 10.0 Å². The third kappa shape index (κ3) is 4.32. The molecule has 0 aliphatic rings. The lowest BCUT2D eigenvalue weighted by atomic mass is 10.1. The molecule has 7 heteroatoms. The van der Waals surface area contributed by atoms with Gasteiger partial charge in [-0.3, -0.25) is 9.59 Å². The highest BCUT2D eigenvalue weighted by Gasteiger charge is 2.17. The summed E-state index contributed by atoms with van der Waals surface area (Å²) in [7, 11) is 0. The van der Waals surface area contributed by atoms with Gasteiger partial charge in [0.2, 0.25) is 12.1 Å². The Bertz CT molecular complexity index is 923. The fraction of sp³-hybridized carbons (Fsp3) is 0.111. The highest BCUT2D eigenvalue weighted by Crippen LogP contribution is 2.21. The lowest BCUT2D eigenvalue weighted by Gasteiger charge is -2.01. The molecule has 0 saturated heterocycles. The summed E-state index contributed by atoms with van der Waals surface area (Å²) in [6, 6.07) is 13.7. The minimum atomic E-state index is -0.189. The van der Waals surface area contributed by atoms with E-state index in [-0.39, 0.29) is 24.7 Å². The number of halogens is 2. The zero-order valence-electron chi connectivity index (χ0n) is 13.1. The molecule has 0 N–H and O–H groups in total. The largest absolute Gasteiger partial charge is 0.291 e. The maximum absolute atomic E-state index is 12.3. The number of nitrogens with zero attached hydrogens (tertiary/aromatic N) is 3. The molecule has 0 fully saturated rings. The Morgan fingerprint density at radius 3 is 2.52 bits per heavy atom. The summed E-state index contributed by atoms with van der Waals surface area (Å²) in [4.78, 5) is 24.5. The van der Waals surface area contributed by atoms with Crippen molar-refractivity contribution in [2.75, 3.05) is 0 Å². The third-order valence-electron chi connectivity index (χ3n) is 3.59. The van der Waals surface area contributed by atoms with E-state index >= 15 is 0 Å². The fourth-order valence-electron chi connectivity index (χ4n) is 2.36. The zero-order valence-corrected chi connectivity index (χ0v) is 14.6. The van der Waals surface area contributed by atoms with E-state index in [1.165, 1.54) is 17.1 Å². The number of aromatic nitrogens is 3. The molecule has 0 aliphatic carbocycles. The first-order valence-electron chi connectivity index (χ1n) is 7.51. The van der Waals surface area contributed by atoms with Crippen LogP contribution in [0.1, 0.15) is 20.7 Å². The molecule has 0 bridgehead atoms. The van der Waals surface area contributed by atoms with Crippen LogP contribution in [-0.4, -0.2) is 21.3 Å². The van der Waals surface area contributed by atoms with E-state index in [2.05, 4.69) is 5.10 Å². The molecule has 1 heterocycles. The van der Waals surface area contributed by atoms with Crippen molar-refractivity contribution in [3.8, 4) is 0 Å². The Kier molecular flexibility index (Phi) is 5.26. The Morgan fingerprint density at radius 2 is 1.80 bits per heavy atom. The molecule has 0 spiro atoms. The molecular formula is C18H14Cl2N3O2+. The molecule has 2 aromatic carbocycles. The number of hydrogen-bond acceptors (Lipinski definition) is 3. The molecule has 25 heavy (non-hydrogen) atoms. The average Bonchev–Trinajstić information content (AvgIpc) is 3.02. The minimum absolute atomic E-state index is 0.0217. The van der Waals surface area contributed by atoms with Crippen molar-refractivity contribution >= 4 is 34.8 Å². The number of Topliss-reactive ketones (excluding diaryl/α,β-unsaturated/α-hetero) is 2. The van der Waals surface area contributed by atoms with E-state index in [0.29, 0.717) is 21.2 Å². The van der Waals surface area contributed by atoms with Crippen LogP contribution in [0.15, 0.2) is 61.2 Å². The summed E-state index contributed by atoms with van der Waals surface area (Å²) < 4.78 is 3.09. The van der Waals surface area contributed by atoms with E-state index < -0.39 is 0 Å². The number of rotatable bonds is 6. The molecule has 3 aromatic rings. The van der Waals surface area contributed by atoms with Crippen LogP contribution in [0.5, 0.6) is 0 Å². The van der Waals surface area contributed by atoms with Crippen LogP contribution in [0.25, 0.3) is 0 Å². The van der Waals surface area contributed by atoms with Gasteiger partial charge in [-0.2, -0.15) is 0 Å². The summed E-state index contributed by atoms with van der Waals surface area (Å²) in [5.74, 6) is -0.219. The van der Waals surface area contributed by atoms with Gasteiger partial charge >= 0.3 is 0 Å². The van der Waals surface area contributed by atoms with Gasteiger partial charge < -0.3 is 0 Å². The number of carbonyl (C=O) groups excluding carboxylic acids is 2. The van der Waals surface area contributed by atoms with Gasteiger partial charge in [0, 0.05) is 21.2 Å². The first kappa shape index (κ1) is 17.3. The first-order chi connectivity index (χ1) is 12.0. The smallest absolute Gasteiger partial charge is 0.265 e. The topological polar surface area (TPSA) is 55.8 Å². The number of hydrogen-bond donors (Lipinski definition) is 0. The van der Waals surface area contributed by atoms with Crippen molar-refractivity contribution in [1.29, 1.82) is 0 Å². The SMILES string of the molecule is O=C(C[n+]1cnn(CC(=O)c2ccc(Cl)cc2Cl)c1)c1ccccc1. The van der Waals surface area contributed by atoms with Crippen molar-refractivity contribution in [3.05, 3.63) is 82.4 Å². The van der Waals surface area contributed by atoms with Crippen LogP contribution >= 0.6 is 23.2 Å². The lowest BCUT2D eigenvalue weighted by molar-refractivity contribution is -0.683. The molecule has 0 aliphatic heterocycles. The Hall–Kier alpha value is -2.50. The summed E-state index contributed by atoms with van der Waals surface area (Å²) in [6.07, 6.45) is 3.13. The van der Waals surface area contributed by atoms with Crippen LogP contribution in [-0.2, 0) is 13.1 Å². The van der Waals surface area contributed by atoms with Crippen molar-refractivity contribution in [1.82, 2.24) is 9.78 Å². The molecule has 0 unspecified atom stereocenters. The van der Waals surface area contributed by atoms with Crippen molar-refractivity contribution in [2.24, 2.45) is 0 Å². The van der Waals surface area contributed by atoms with Crippen LogP contribution in [0.3, 0.4) is 0 Å². The second-order valence-corrected chi connectivity index (χ2v) is 6.30. The fourth-order valence-corrected chi connectivity index (χ4v) is 2.87. The highest BCUT2D eigenvalue weighted by molar-refractivity contribution is 6.36. The third-order valence-corrected chi connectivity index (χ3v) is 4.14. The molecule has 3 rings (SSSR count). The Labute approximate surface area is 154 Å². The number of benzene rings is 2. The Morgan fingerprint density at radius 1 is 1.04 bits per heavy atom.